The van der Waals surface area contributed by atoms with Crippen LogP contribution >= 0.6 is 11.6 Å². The van der Waals surface area contributed by atoms with Crippen LogP contribution in [0.15, 0.2) is 29.4 Å². The second-order valence-corrected chi connectivity index (χ2v) is 7.91. The van der Waals surface area contributed by atoms with E-state index in [9.17, 15) is 14.7 Å². The number of halogens is 1. The zero-order valence-electron chi connectivity index (χ0n) is 14.8. The van der Waals surface area contributed by atoms with E-state index >= 15 is 0 Å². The molecule has 1 aromatic rings. The zero-order valence-corrected chi connectivity index (χ0v) is 15.6. The summed E-state index contributed by atoms with van der Waals surface area (Å²) < 4.78 is 5.97. The van der Waals surface area contributed by atoms with Crippen molar-refractivity contribution in [2.45, 2.75) is 37.9 Å². The van der Waals surface area contributed by atoms with Gasteiger partial charge in [0.05, 0.1) is 6.10 Å². The van der Waals surface area contributed by atoms with Crippen molar-refractivity contribution in [1.29, 1.82) is 0 Å². The number of amides is 2. The quantitative estimate of drug-likeness (QED) is 0.818. The van der Waals surface area contributed by atoms with Crippen LogP contribution < -0.4 is 10.2 Å². The highest BCUT2D eigenvalue weighted by atomic mass is 35.5. The van der Waals surface area contributed by atoms with Crippen molar-refractivity contribution in [3.8, 4) is 5.75 Å². The average Bonchev–Trinajstić information content (AvgIpc) is 3.05. The Bertz CT molecular complexity index is 784. The lowest BCUT2D eigenvalue weighted by molar-refractivity contribution is -0.124. The molecule has 4 atom stereocenters. The van der Waals surface area contributed by atoms with Crippen LogP contribution in [-0.4, -0.2) is 52.8 Å². The maximum atomic E-state index is 12.7. The van der Waals surface area contributed by atoms with Crippen molar-refractivity contribution in [2.24, 2.45) is 16.9 Å². The Morgan fingerprint density at radius 3 is 2.74 bits per heavy atom. The molecule has 1 saturated heterocycles. The van der Waals surface area contributed by atoms with Crippen molar-refractivity contribution in [2.75, 3.05) is 13.1 Å². The number of rotatable bonds is 3. The van der Waals surface area contributed by atoms with Crippen LogP contribution in [0.3, 0.4) is 0 Å². The molecule has 2 heterocycles. The Balaban J connectivity index is 1.40. The SMILES string of the molecule is O=C1CCC(C(=O)N2C[C@H]3C[C@@H](Oc4cccc(Cl)c4)[C@H](O)C[C@H]3C2)=NN1. The van der Waals surface area contributed by atoms with E-state index in [1.54, 1.807) is 17.0 Å². The summed E-state index contributed by atoms with van der Waals surface area (Å²) in [5, 5.41) is 15.0. The minimum absolute atomic E-state index is 0.119. The van der Waals surface area contributed by atoms with Crippen LogP contribution in [-0.2, 0) is 9.59 Å². The molecule has 1 aliphatic carbocycles. The van der Waals surface area contributed by atoms with Crippen LogP contribution in [0.4, 0.5) is 0 Å². The highest BCUT2D eigenvalue weighted by Crippen LogP contribution is 2.38. The van der Waals surface area contributed by atoms with Crippen molar-refractivity contribution in [3.05, 3.63) is 29.3 Å². The molecule has 2 N–H and O–H groups in total. The highest BCUT2D eigenvalue weighted by molar-refractivity contribution is 6.39. The van der Waals surface area contributed by atoms with E-state index in [2.05, 4.69) is 10.5 Å². The van der Waals surface area contributed by atoms with Gasteiger partial charge < -0.3 is 14.7 Å². The van der Waals surface area contributed by atoms with Crippen LogP contribution in [0, 0.1) is 11.8 Å². The van der Waals surface area contributed by atoms with Crippen LogP contribution in [0.5, 0.6) is 5.75 Å². The van der Waals surface area contributed by atoms with Gasteiger partial charge in [-0.2, -0.15) is 5.10 Å². The number of aliphatic hydroxyl groups is 1. The van der Waals surface area contributed by atoms with Gasteiger partial charge in [0.1, 0.15) is 17.6 Å². The van der Waals surface area contributed by atoms with Gasteiger partial charge in [0.25, 0.3) is 5.91 Å². The number of fused-ring (bicyclic) bond motifs is 1. The summed E-state index contributed by atoms with van der Waals surface area (Å²) in [4.78, 5) is 25.7. The fourth-order valence-electron chi connectivity index (χ4n) is 4.21. The van der Waals surface area contributed by atoms with Crippen LogP contribution in [0.1, 0.15) is 25.7 Å². The lowest BCUT2D eigenvalue weighted by Crippen LogP contribution is -2.42. The van der Waals surface area contributed by atoms with E-state index in [-0.39, 0.29) is 29.8 Å². The number of ether oxygens (including phenoxy) is 1. The number of nitrogens with zero attached hydrogens (tertiary/aromatic N) is 2. The fraction of sp³-hybridized carbons (Fsp3) is 0.526. The Kier molecular flexibility index (Phi) is 5.06. The molecular formula is C19H22ClN3O4. The molecule has 3 aliphatic rings. The summed E-state index contributed by atoms with van der Waals surface area (Å²) in [6.45, 7) is 1.23. The van der Waals surface area contributed by atoms with Gasteiger partial charge in [-0.25, -0.2) is 5.43 Å². The van der Waals surface area contributed by atoms with Crippen LogP contribution in [0.2, 0.25) is 5.02 Å². The second-order valence-electron chi connectivity index (χ2n) is 7.48. The van der Waals surface area contributed by atoms with E-state index < -0.39 is 6.10 Å². The van der Waals surface area contributed by atoms with Crippen molar-refractivity contribution in [1.82, 2.24) is 10.3 Å². The minimum Gasteiger partial charge on any atom is -0.488 e. The third kappa shape index (κ3) is 3.94. The van der Waals surface area contributed by atoms with Gasteiger partial charge in [0.15, 0.2) is 0 Å². The predicted octanol–water partition coefficient (Wildman–Crippen LogP) is 1.58. The van der Waals surface area contributed by atoms with E-state index in [1.165, 1.54) is 0 Å². The van der Waals surface area contributed by atoms with Gasteiger partial charge in [0, 0.05) is 31.0 Å². The molecule has 0 unspecified atom stereocenters. The molecular weight excluding hydrogens is 370 g/mol. The molecule has 27 heavy (non-hydrogen) atoms. The molecule has 0 bridgehead atoms. The molecule has 0 aromatic heterocycles. The van der Waals surface area contributed by atoms with Gasteiger partial charge in [-0.05, 0) is 42.9 Å². The maximum absolute atomic E-state index is 12.7. The first-order valence-corrected chi connectivity index (χ1v) is 9.62. The normalized spacial score (nSPS) is 30.4. The summed E-state index contributed by atoms with van der Waals surface area (Å²) in [6, 6.07) is 7.15. The average molecular weight is 392 g/mol. The number of nitrogens with one attached hydrogen (secondary N) is 1. The topological polar surface area (TPSA) is 91.2 Å². The molecule has 8 heteroatoms. The number of hydrazone groups is 1. The molecule has 1 aromatic carbocycles. The summed E-state index contributed by atoms with van der Waals surface area (Å²) in [7, 11) is 0. The van der Waals surface area contributed by atoms with Gasteiger partial charge >= 0.3 is 0 Å². The Labute approximate surface area is 162 Å². The summed E-state index contributed by atoms with van der Waals surface area (Å²) in [5.74, 6) is 0.891. The van der Waals surface area contributed by atoms with Crippen molar-refractivity contribution in [3.63, 3.8) is 0 Å². The largest absolute Gasteiger partial charge is 0.488 e. The number of benzene rings is 1. The van der Waals surface area contributed by atoms with Crippen molar-refractivity contribution >= 4 is 29.1 Å². The lowest BCUT2D eigenvalue weighted by Gasteiger charge is -2.35. The van der Waals surface area contributed by atoms with E-state index in [0.29, 0.717) is 55.3 Å². The Morgan fingerprint density at radius 2 is 2.04 bits per heavy atom. The standard InChI is InChI=1S/C19H22ClN3O4/c20-13-2-1-3-14(8-13)27-17-7-12-10-23(9-11(12)6-16(17)24)19(26)15-4-5-18(25)22-21-15/h1-3,8,11-12,16-17,24H,4-7,9-10H2,(H,22,25)/t11-,12+,16+,17+/m0/s1. The summed E-state index contributed by atoms with van der Waals surface area (Å²) in [6.07, 6.45) is 1.06. The number of likely N-dealkylation sites (tertiary alicyclic amines) is 1. The Hall–Kier alpha value is -2.12. The van der Waals surface area contributed by atoms with E-state index in [1.807, 2.05) is 12.1 Å². The molecule has 2 aliphatic heterocycles. The molecule has 1 saturated carbocycles. The molecule has 4 rings (SSSR count). The van der Waals surface area contributed by atoms with E-state index in [4.69, 9.17) is 16.3 Å². The summed E-state index contributed by atoms with van der Waals surface area (Å²) in [5.41, 5.74) is 2.78. The maximum Gasteiger partial charge on any atom is 0.270 e. The number of hydrogen-bond acceptors (Lipinski definition) is 5. The highest BCUT2D eigenvalue weighted by Gasteiger charge is 2.44. The molecule has 2 fully saturated rings. The number of carbonyl (C=O) groups is 2. The molecule has 0 radical (unpaired) electrons. The van der Waals surface area contributed by atoms with Gasteiger partial charge in [-0.3, -0.25) is 9.59 Å². The van der Waals surface area contributed by atoms with E-state index in [0.717, 1.165) is 0 Å². The van der Waals surface area contributed by atoms with Crippen LogP contribution in [0.25, 0.3) is 0 Å². The number of aliphatic hydroxyl groups excluding tert-OH is 1. The summed E-state index contributed by atoms with van der Waals surface area (Å²) >= 11 is 6.00. The van der Waals surface area contributed by atoms with Crippen molar-refractivity contribution < 1.29 is 19.4 Å². The number of carbonyl (C=O) groups excluding carboxylic acids is 2. The predicted molar refractivity (Wildman–Crippen MR) is 99.5 cm³/mol. The third-order valence-corrected chi connectivity index (χ3v) is 5.84. The smallest absolute Gasteiger partial charge is 0.270 e. The molecule has 7 nitrogen and oxygen atoms in total. The lowest BCUT2D eigenvalue weighted by atomic mass is 9.78. The fourth-order valence-corrected chi connectivity index (χ4v) is 4.39. The first kappa shape index (κ1) is 18.3. The number of hydrogen-bond donors (Lipinski definition) is 2. The van der Waals surface area contributed by atoms with Gasteiger partial charge in [-0.15, -0.1) is 0 Å². The molecule has 0 spiro atoms. The minimum atomic E-state index is -0.577. The van der Waals surface area contributed by atoms with Gasteiger partial charge in [0.2, 0.25) is 5.91 Å². The first-order chi connectivity index (χ1) is 13.0. The monoisotopic (exact) mass is 391 g/mol. The van der Waals surface area contributed by atoms with Gasteiger partial charge in [-0.1, -0.05) is 17.7 Å². The molecule has 144 valence electrons. The third-order valence-electron chi connectivity index (χ3n) is 5.61. The Morgan fingerprint density at radius 1 is 1.26 bits per heavy atom. The molecule has 2 amide bonds. The zero-order chi connectivity index (χ0) is 19.0. The second kappa shape index (κ2) is 7.48. The first-order valence-electron chi connectivity index (χ1n) is 9.24.